The molecule has 1 N–H and O–H groups in total. The number of ether oxygens (including phenoxy) is 2. The van der Waals surface area contributed by atoms with E-state index < -0.39 is 0 Å². The Bertz CT molecular complexity index is 455. The number of methoxy groups -OCH3 is 1. The lowest BCUT2D eigenvalue weighted by molar-refractivity contribution is 0.146. The van der Waals surface area contributed by atoms with Crippen molar-refractivity contribution in [1.29, 1.82) is 0 Å². The van der Waals surface area contributed by atoms with Crippen LogP contribution in [0.1, 0.15) is 25.8 Å². The second kappa shape index (κ2) is 13.4. The van der Waals surface area contributed by atoms with Gasteiger partial charge in [0.05, 0.1) is 7.11 Å². The standard InChI is InChI=1S/C17H29N3O2.HI/c1-5-18-17(19-12-9-13-22-6-2)20(3)14-15-10-7-8-11-16(15)21-4;/h7-8,10-11H,5-6,9,12-14H2,1-4H3,(H,18,19);1H. The van der Waals surface area contributed by atoms with Gasteiger partial charge in [-0.05, 0) is 26.3 Å². The molecule has 0 saturated carbocycles. The molecule has 1 aromatic rings. The first-order valence-electron chi connectivity index (χ1n) is 7.92. The summed E-state index contributed by atoms with van der Waals surface area (Å²) in [6.07, 6.45) is 0.936. The zero-order valence-corrected chi connectivity index (χ0v) is 17.0. The molecule has 23 heavy (non-hydrogen) atoms. The molecule has 1 aromatic carbocycles. The lowest BCUT2D eigenvalue weighted by atomic mass is 10.2. The van der Waals surface area contributed by atoms with Crippen molar-refractivity contribution < 1.29 is 9.47 Å². The quantitative estimate of drug-likeness (QED) is 0.280. The third-order valence-corrected chi connectivity index (χ3v) is 3.21. The lowest BCUT2D eigenvalue weighted by Crippen LogP contribution is -2.38. The maximum atomic E-state index is 5.41. The van der Waals surface area contributed by atoms with E-state index in [4.69, 9.17) is 9.47 Å². The molecule has 0 aliphatic heterocycles. The van der Waals surface area contributed by atoms with Crippen molar-refractivity contribution >= 4 is 29.9 Å². The molecule has 132 valence electrons. The number of hydrogen-bond acceptors (Lipinski definition) is 3. The second-order valence-electron chi connectivity index (χ2n) is 4.95. The summed E-state index contributed by atoms with van der Waals surface area (Å²) in [7, 11) is 3.74. The Morgan fingerprint density at radius 1 is 1.26 bits per heavy atom. The number of hydrogen-bond donors (Lipinski definition) is 1. The van der Waals surface area contributed by atoms with E-state index in [0.717, 1.165) is 56.5 Å². The Morgan fingerprint density at radius 2 is 2.00 bits per heavy atom. The van der Waals surface area contributed by atoms with Crippen molar-refractivity contribution in [3.63, 3.8) is 0 Å². The van der Waals surface area contributed by atoms with Crippen molar-refractivity contribution in [2.24, 2.45) is 4.99 Å². The Kier molecular flexibility index (Phi) is 12.8. The molecule has 1 rings (SSSR count). The topological polar surface area (TPSA) is 46.1 Å². The number of halogens is 1. The molecule has 0 radical (unpaired) electrons. The molecule has 6 heteroatoms. The Morgan fingerprint density at radius 3 is 2.65 bits per heavy atom. The summed E-state index contributed by atoms with van der Waals surface area (Å²) < 4.78 is 10.7. The summed E-state index contributed by atoms with van der Waals surface area (Å²) in [5.41, 5.74) is 1.15. The van der Waals surface area contributed by atoms with Gasteiger partial charge >= 0.3 is 0 Å². The van der Waals surface area contributed by atoms with Crippen LogP contribution >= 0.6 is 24.0 Å². The Balaban J connectivity index is 0.00000484. The van der Waals surface area contributed by atoms with Gasteiger partial charge in [-0.25, -0.2) is 0 Å². The third-order valence-electron chi connectivity index (χ3n) is 3.21. The minimum Gasteiger partial charge on any atom is -0.496 e. The van der Waals surface area contributed by atoms with Crippen LogP contribution in [0.5, 0.6) is 5.75 Å². The third kappa shape index (κ3) is 8.41. The average molecular weight is 435 g/mol. The fraction of sp³-hybridized carbons (Fsp3) is 0.588. The van der Waals surface area contributed by atoms with Crippen molar-refractivity contribution in [3.8, 4) is 5.75 Å². The van der Waals surface area contributed by atoms with Gasteiger partial charge in [0.15, 0.2) is 5.96 Å². The molecule has 0 aromatic heterocycles. The van der Waals surface area contributed by atoms with Gasteiger partial charge in [-0.1, -0.05) is 18.2 Å². The van der Waals surface area contributed by atoms with Crippen LogP contribution in [0.15, 0.2) is 29.3 Å². The first kappa shape index (κ1) is 22.0. The fourth-order valence-corrected chi connectivity index (χ4v) is 2.13. The van der Waals surface area contributed by atoms with Gasteiger partial charge in [-0.2, -0.15) is 0 Å². The monoisotopic (exact) mass is 435 g/mol. The van der Waals surface area contributed by atoms with Gasteiger partial charge in [0, 0.05) is 45.5 Å². The second-order valence-corrected chi connectivity index (χ2v) is 4.95. The summed E-state index contributed by atoms with van der Waals surface area (Å²) in [6.45, 7) is 7.97. The predicted octanol–water partition coefficient (Wildman–Crippen LogP) is 3.14. The van der Waals surface area contributed by atoms with Crippen LogP contribution in [0.4, 0.5) is 0 Å². The van der Waals surface area contributed by atoms with Crippen LogP contribution in [0.3, 0.4) is 0 Å². The van der Waals surface area contributed by atoms with Gasteiger partial charge in [-0.15, -0.1) is 24.0 Å². The SMILES string of the molecule is CCNC(=NCCCOCC)N(C)Cc1ccccc1OC.I. The van der Waals surface area contributed by atoms with Gasteiger partial charge in [0.25, 0.3) is 0 Å². The molecular weight excluding hydrogens is 405 g/mol. The van der Waals surface area contributed by atoms with E-state index in [1.54, 1.807) is 7.11 Å². The maximum absolute atomic E-state index is 5.41. The number of guanidine groups is 1. The van der Waals surface area contributed by atoms with Crippen molar-refractivity contribution in [2.75, 3.05) is 40.5 Å². The van der Waals surface area contributed by atoms with E-state index in [0.29, 0.717) is 0 Å². The molecule has 0 fully saturated rings. The van der Waals surface area contributed by atoms with Crippen molar-refractivity contribution in [1.82, 2.24) is 10.2 Å². The summed E-state index contributed by atoms with van der Waals surface area (Å²) in [5.74, 6) is 1.81. The van der Waals surface area contributed by atoms with Gasteiger partial charge in [0.2, 0.25) is 0 Å². The summed E-state index contributed by atoms with van der Waals surface area (Å²) in [4.78, 5) is 6.76. The average Bonchev–Trinajstić information content (AvgIpc) is 2.54. The number of para-hydroxylation sites is 1. The molecule has 0 amide bonds. The van der Waals surface area contributed by atoms with E-state index in [9.17, 15) is 0 Å². The van der Waals surface area contributed by atoms with E-state index in [1.165, 1.54) is 0 Å². The highest BCUT2D eigenvalue weighted by atomic mass is 127. The van der Waals surface area contributed by atoms with Crippen LogP contribution in [-0.4, -0.2) is 51.3 Å². The first-order valence-corrected chi connectivity index (χ1v) is 7.92. The molecule has 0 aliphatic carbocycles. The number of nitrogens with zero attached hydrogens (tertiary/aromatic N) is 2. The lowest BCUT2D eigenvalue weighted by Gasteiger charge is -2.23. The first-order chi connectivity index (χ1) is 10.7. The van der Waals surface area contributed by atoms with E-state index in [2.05, 4.69) is 28.2 Å². The molecule has 0 heterocycles. The van der Waals surface area contributed by atoms with Crippen LogP contribution in [0.2, 0.25) is 0 Å². The maximum Gasteiger partial charge on any atom is 0.193 e. The van der Waals surface area contributed by atoms with Crippen LogP contribution in [0.25, 0.3) is 0 Å². The summed E-state index contributed by atoms with van der Waals surface area (Å²) >= 11 is 0. The van der Waals surface area contributed by atoms with Gasteiger partial charge in [0.1, 0.15) is 5.75 Å². The van der Waals surface area contributed by atoms with Crippen molar-refractivity contribution in [2.45, 2.75) is 26.8 Å². The highest BCUT2D eigenvalue weighted by molar-refractivity contribution is 14.0. The highest BCUT2D eigenvalue weighted by Gasteiger charge is 2.09. The summed E-state index contributed by atoms with van der Waals surface area (Å²) in [5, 5.41) is 3.33. The predicted molar refractivity (Wildman–Crippen MR) is 107 cm³/mol. The molecule has 0 bridgehead atoms. The van der Waals surface area contributed by atoms with Crippen LogP contribution in [0, 0.1) is 0 Å². The highest BCUT2D eigenvalue weighted by Crippen LogP contribution is 2.18. The molecule has 5 nitrogen and oxygen atoms in total. The molecular formula is C17H30IN3O2. The van der Waals surface area contributed by atoms with Crippen LogP contribution < -0.4 is 10.1 Å². The smallest absolute Gasteiger partial charge is 0.193 e. The van der Waals surface area contributed by atoms with Gasteiger partial charge in [-0.3, -0.25) is 4.99 Å². The number of nitrogens with one attached hydrogen (secondary N) is 1. The summed E-state index contributed by atoms with van der Waals surface area (Å²) in [6, 6.07) is 8.07. The zero-order valence-electron chi connectivity index (χ0n) is 14.7. The number of benzene rings is 1. The fourth-order valence-electron chi connectivity index (χ4n) is 2.13. The van der Waals surface area contributed by atoms with Crippen molar-refractivity contribution in [3.05, 3.63) is 29.8 Å². The molecule has 0 spiro atoms. The Hall–Kier alpha value is -1.02. The number of rotatable bonds is 9. The van der Waals surface area contributed by atoms with E-state index in [1.807, 2.05) is 32.2 Å². The molecule has 0 saturated heterocycles. The van der Waals surface area contributed by atoms with Crippen LogP contribution in [-0.2, 0) is 11.3 Å². The minimum atomic E-state index is 0. The van der Waals surface area contributed by atoms with E-state index >= 15 is 0 Å². The Labute approximate surface area is 157 Å². The largest absolute Gasteiger partial charge is 0.496 e. The molecule has 0 atom stereocenters. The van der Waals surface area contributed by atoms with E-state index in [-0.39, 0.29) is 24.0 Å². The normalized spacial score (nSPS) is 10.9. The van der Waals surface area contributed by atoms with Gasteiger partial charge < -0.3 is 19.7 Å². The number of aliphatic imine (C=N–C) groups is 1. The molecule has 0 unspecified atom stereocenters. The molecule has 0 aliphatic rings. The minimum absolute atomic E-state index is 0. The zero-order chi connectivity index (χ0) is 16.2.